The van der Waals surface area contributed by atoms with Crippen LogP contribution in [0.5, 0.6) is 0 Å². The van der Waals surface area contributed by atoms with Crippen LogP contribution in [0.1, 0.15) is 0 Å². The number of aromatic nitrogens is 1. The molecule has 230 valence electrons. The van der Waals surface area contributed by atoms with E-state index in [2.05, 4.69) is 185 Å². The van der Waals surface area contributed by atoms with E-state index in [1.165, 1.54) is 21.9 Å². The number of benzene rings is 8. The Morgan fingerprint density at radius 1 is 0.408 bits per heavy atom. The number of fused-ring (bicyclic) bond motifs is 8. The van der Waals surface area contributed by atoms with Gasteiger partial charge in [0.05, 0.1) is 22.4 Å². The van der Waals surface area contributed by atoms with Crippen molar-refractivity contribution in [3.8, 4) is 16.8 Å². The van der Waals surface area contributed by atoms with Crippen LogP contribution in [0.25, 0.3) is 71.3 Å². The molecule has 0 aliphatic heterocycles. The Morgan fingerprint density at radius 2 is 1.04 bits per heavy atom. The second-order valence-corrected chi connectivity index (χ2v) is 12.5. The van der Waals surface area contributed by atoms with E-state index in [-0.39, 0.29) is 0 Å². The van der Waals surface area contributed by atoms with Gasteiger partial charge in [0.25, 0.3) is 0 Å². The quantitative estimate of drug-likeness (QED) is 0.190. The summed E-state index contributed by atoms with van der Waals surface area (Å²) in [5.74, 6) is 0. The number of rotatable bonds is 5. The minimum atomic E-state index is 0.892. The minimum absolute atomic E-state index is 0.892. The van der Waals surface area contributed by atoms with Gasteiger partial charge in [-0.25, -0.2) is 0 Å². The molecule has 10 aromatic rings. The van der Waals surface area contributed by atoms with Gasteiger partial charge in [0.15, 0.2) is 0 Å². The van der Waals surface area contributed by atoms with Crippen LogP contribution in [0.3, 0.4) is 0 Å². The van der Waals surface area contributed by atoms with Crippen molar-refractivity contribution in [3.05, 3.63) is 182 Å². The summed E-state index contributed by atoms with van der Waals surface area (Å²) in [6.45, 7) is 0. The molecule has 0 amide bonds. The van der Waals surface area contributed by atoms with Crippen molar-refractivity contribution in [2.24, 2.45) is 0 Å². The molecule has 0 bridgehead atoms. The Morgan fingerprint density at radius 3 is 1.88 bits per heavy atom. The zero-order valence-corrected chi connectivity index (χ0v) is 26.6. The van der Waals surface area contributed by atoms with Crippen molar-refractivity contribution in [2.75, 3.05) is 4.90 Å². The van der Waals surface area contributed by atoms with Crippen molar-refractivity contribution in [1.29, 1.82) is 0 Å². The molecule has 3 nitrogen and oxygen atoms in total. The summed E-state index contributed by atoms with van der Waals surface area (Å²) in [6, 6.07) is 65.0. The zero-order valence-electron chi connectivity index (χ0n) is 26.6. The average molecular weight is 627 g/mol. The van der Waals surface area contributed by atoms with Crippen LogP contribution in [0.2, 0.25) is 0 Å². The first-order valence-corrected chi connectivity index (χ1v) is 16.7. The standard InChI is InChI=1S/C46H30N2O/c1-3-15-31(16-4-1)32-17-13-20-34(29-32)47(43-30-40-37-23-10-12-28-44(37)49-46(40)39-24-8-7-22-36(39)43)42-27-14-25-38-35-21-9-11-26-41(35)48(45(38)42)33-18-5-2-6-19-33/h1-30H. The van der Waals surface area contributed by atoms with Crippen molar-refractivity contribution < 1.29 is 4.42 Å². The minimum Gasteiger partial charge on any atom is -0.455 e. The summed E-state index contributed by atoms with van der Waals surface area (Å²) < 4.78 is 8.97. The molecule has 49 heavy (non-hydrogen) atoms. The molecule has 0 radical (unpaired) electrons. The predicted molar refractivity (Wildman–Crippen MR) is 206 cm³/mol. The smallest absolute Gasteiger partial charge is 0.143 e. The predicted octanol–water partition coefficient (Wildman–Crippen LogP) is 13.0. The first-order chi connectivity index (χ1) is 24.3. The molecule has 0 aliphatic carbocycles. The second kappa shape index (κ2) is 11.0. The third-order valence-corrected chi connectivity index (χ3v) is 9.74. The van der Waals surface area contributed by atoms with Gasteiger partial charge in [0.2, 0.25) is 0 Å². The van der Waals surface area contributed by atoms with Crippen molar-refractivity contribution in [1.82, 2.24) is 4.57 Å². The summed E-state index contributed by atoms with van der Waals surface area (Å²) in [7, 11) is 0. The van der Waals surface area contributed by atoms with Gasteiger partial charge in [-0.05, 0) is 59.7 Å². The van der Waals surface area contributed by atoms with Crippen LogP contribution in [0, 0.1) is 0 Å². The molecule has 0 fully saturated rings. The van der Waals surface area contributed by atoms with Crippen LogP contribution >= 0.6 is 0 Å². The molecule has 2 aromatic heterocycles. The summed E-state index contributed by atoms with van der Waals surface area (Å²) in [5.41, 5.74) is 10.9. The van der Waals surface area contributed by atoms with E-state index in [0.717, 1.165) is 66.5 Å². The van der Waals surface area contributed by atoms with Crippen molar-refractivity contribution >= 4 is 71.6 Å². The fourth-order valence-corrected chi connectivity index (χ4v) is 7.60. The number of hydrogen-bond acceptors (Lipinski definition) is 2. The Labute approximate surface area is 283 Å². The molecule has 0 spiro atoms. The number of nitrogens with zero attached hydrogens (tertiary/aromatic N) is 2. The SMILES string of the molecule is c1ccc(-c2cccc(N(c3cc4c5ccccc5oc4c4ccccc34)c3cccc4c5ccccc5n(-c5ccccc5)c34)c2)cc1. The molecule has 0 atom stereocenters. The Hall–Kier alpha value is -6.58. The maximum Gasteiger partial charge on any atom is 0.143 e. The molecule has 8 aromatic carbocycles. The fraction of sp³-hybridized carbons (Fsp3) is 0. The molecule has 0 saturated heterocycles. The highest BCUT2D eigenvalue weighted by Gasteiger charge is 2.24. The van der Waals surface area contributed by atoms with Crippen LogP contribution in [0.4, 0.5) is 17.1 Å². The maximum atomic E-state index is 6.55. The lowest BCUT2D eigenvalue weighted by atomic mass is 10.0. The third kappa shape index (κ3) is 4.29. The molecule has 0 saturated carbocycles. The number of para-hydroxylation sites is 4. The van der Waals surface area contributed by atoms with Gasteiger partial charge < -0.3 is 13.9 Å². The Balaban J connectivity index is 1.36. The first-order valence-electron chi connectivity index (χ1n) is 16.7. The lowest BCUT2D eigenvalue weighted by Crippen LogP contribution is -2.12. The molecule has 0 N–H and O–H groups in total. The van der Waals surface area contributed by atoms with Gasteiger partial charge in [0.1, 0.15) is 11.2 Å². The molecular formula is C46H30N2O. The van der Waals surface area contributed by atoms with Crippen molar-refractivity contribution in [2.45, 2.75) is 0 Å². The van der Waals surface area contributed by atoms with Crippen molar-refractivity contribution in [3.63, 3.8) is 0 Å². The molecule has 0 unspecified atom stereocenters. The summed E-state index contributed by atoms with van der Waals surface area (Å²) >= 11 is 0. The van der Waals surface area contributed by atoms with E-state index >= 15 is 0 Å². The van der Waals surface area contributed by atoms with Crippen LogP contribution in [-0.4, -0.2) is 4.57 Å². The van der Waals surface area contributed by atoms with Gasteiger partial charge in [-0.3, -0.25) is 0 Å². The van der Waals surface area contributed by atoms with Crippen LogP contribution in [-0.2, 0) is 0 Å². The van der Waals surface area contributed by atoms with E-state index in [0.29, 0.717) is 0 Å². The third-order valence-electron chi connectivity index (χ3n) is 9.74. The lowest BCUT2D eigenvalue weighted by molar-refractivity contribution is 0.672. The van der Waals surface area contributed by atoms with Gasteiger partial charge >= 0.3 is 0 Å². The topological polar surface area (TPSA) is 21.3 Å². The average Bonchev–Trinajstić information content (AvgIpc) is 3.72. The van der Waals surface area contributed by atoms with Crippen LogP contribution in [0.15, 0.2) is 186 Å². The fourth-order valence-electron chi connectivity index (χ4n) is 7.60. The molecule has 10 rings (SSSR count). The maximum absolute atomic E-state index is 6.55. The Bertz CT molecular complexity index is 2830. The summed E-state index contributed by atoms with van der Waals surface area (Å²) in [5, 5.41) is 6.86. The van der Waals surface area contributed by atoms with E-state index in [1.54, 1.807) is 0 Å². The largest absolute Gasteiger partial charge is 0.455 e. The van der Waals surface area contributed by atoms with Gasteiger partial charge in [-0.1, -0.05) is 133 Å². The van der Waals surface area contributed by atoms with Gasteiger partial charge in [0, 0.05) is 43.7 Å². The Kier molecular flexibility index (Phi) is 6.18. The first kappa shape index (κ1) is 27.5. The second-order valence-electron chi connectivity index (χ2n) is 12.5. The van der Waals surface area contributed by atoms with E-state index < -0.39 is 0 Å². The van der Waals surface area contributed by atoms with Gasteiger partial charge in [-0.2, -0.15) is 0 Å². The number of furan rings is 1. The highest BCUT2D eigenvalue weighted by molar-refractivity contribution is 6.21. The molecule has 0 aliphatic rings. The van der Waals surface area contributed by atoms with E-state index in [1.807, 2.05) is 6.07 Å². The molecular weight excluding hydrogens is 597 g/mol. The molecule has 2 heterocycles. The highest BCUT2D eigenvalue weighted by atomic mass is 16.3. The summed E-state index contributed by atoms with van der Waals surface area (Å²) in [6.07, 6.45) is 0. The monoisotopic (exact) mass is 626 g/mol. The van der Waals surface area contributed by atoms with Crippen LogP contribution < -0.4 is 4.90 Å². The van der Waals surface area contributed by atoms with Gasteiger partial charge in [-0.15, -0.1) is 0 Å². The van der Waals surface area contributed by atoms with E-state index in [9.17, 15) is 0 Å². The highest BCUT2D eigenvalue weighted by Crippen LogP contribution is 2.48. The lowest BCUT2D eigenvalue weighted by Gasteiger charge is -2.29. The number of hydrogen-bond donors (Lipinski definition) is 0. The number of anilines is 3. The summed E-state index contributed by atoms with van der Waals surface area (Å²) in [4.78, 5) is 2.46. The normalized spacial score (nSPS) is 11.7. The molecule has 3 heteroatoms. The zero-order chi connectivity index (χ0) is 32.3. The van der Waals surface area contributed by atoms with E-state index in [4.69, 9.17) is 4.42 Å².